The Bertz CT molecular complexity index is 1440. The molecule has 1 aliphatic rings. The van der Waals surface area contributed by atoms with E-state index in [4.69, 9.17) is 0 Å². The van der Waals surface area contributed by atoms with Crippen LogP contribution in [-0.4, -0.2) is 46.7 Å². The van der Waals surface area contributed by atoms with Gasteiger partial charge in [-0.1, -0.05) is 6.07 Å². The highest BCUT2D eigenvalue weighted by atomic mass is 32.2. The van der Waals surface area contributed by atoms with Crippen molar-refractivity contribution in [3.05, 3.63) is 77.9 Å². The Morgan fingerprint density at radius 2 is 1.66 bits per heavy atom. The Labute approximate surface area is 214 Å². The zero-order chi connectivity index (χ0) is 27.9. The lowest BCUT2D eigenvalue weighted by Gasteiger charge is -2.23. The molecule has 1 aromatic heterocycles. The number of Topliss-reactive ketones (excluding diaryl/α,β-unsaturated/α-hetero) is 1. The maximum atomic E-state index is 14.9. The van der Waals surface area contributed by atoms with Crippen LogP contribution < -0.4 is 0 Å². The number of hydrogen-bond acceptors (Lipinski definition) is 5. The number of benzene rings is 2. The Kier molecular flexibility index (Phi) is 7.36. The molecule has 202 valence electrons. The number of halogens is 6. The first-order chi connectivity index (χ1) is 17.7. The molecule has 6 nitrogen and oxygen atoms in total. The lowest BCUT2D eigenvalue weighted by atomic mass is 9.97. The Balaban J connectivity index is 1.52. The predicted octanol–water partition coefficient (Wildman–Crippen LogP) is 5.13. The quantitative estimate of drug-likeness (QED) is 0.376. The van der Waals surface area contributed by atoms with Crippen LogP contribution in [0.3, 0.4) is 0 Å². The SMILES string of the molecule is C[C@@]1(F)C[C@@H](C(=O)CCc2cc(F)cc(-c3cnc(C(F)(F)F)nc3)c2)N(S(=O)(=O)c2ccc(F)cc2)C1. The van der Waals surface area contributed by atoms with Gasteiger partial charge < -0.3 is 0 Å². The number of nitrogens with zero attached hydrogens (tertiary/aromatic N) is 3. The summed E-state index contributed by atoms with van der Waals surface area (Å²) in [5.41, 5.74) is -1.38. The molecule has 3 aromatic rings. The molecule has 1 saturated heterocycles. The third-order valence-electron chi connectivity index (χ3n) is 6.10. The Morgan fingerprint density at radius 1 is 1.03 bits per heavy atom. The summed E-state index contributed by atoms with van der Waals surface area (Å²) >= 11 is 0. The molecular weight excluding hydrogens is 536 g/mol. The van der Waals surface area contributed by atoms with Crippen LogP contribution in [0.4, 0.5) is 26.3 Å². The summed E-state index contributed by atoms with van der Waals surface area (Å²) in [6.07, 6.45) is -3.63. The third-order valence-corrected chi connectivity index (χ3v) is 7.97. The number of carbonyl (C=O) groups excluding carboxylic acids is 1. The van der Waals surface area contributed by atoms with Crippen LogP contribution in [0.15, 0.2) is 59.8 Å². The molecule has 0 N–H and O–H groups in total. The van der Waals surface area contributed by atoms with Gasteiger partial charge in [0.2, 0.25) is 15.8 Å². The minimum absolute atomic E-state index is 0.0466. The largest absolute Gasteiger partial charge is 0.451 e. The van der Waals surface area contributed by atoms with E-state index in [0.29, 0.717) is 5.56 Å². The summed E-state index contributed by atoms with van der Waals surface area (Å²) in [7, 11) is -4.32. The molecule has 0 amide bonds. The average Bonchev–Trinajstić information content (AvgIpc) is 3.18. The first-order valence-corrected chi connectivity index (χ1v) is 12.8. The first kappa shape index (κ1) is 27.7. The van der Waals surface area contributed by atoms with Gasteiger partial charge in [-0.05, 0) is 60.9 Å². The zero-order valence-corrected chi connectivity index (χ0v) is 20.7. The van der Waals surface area contributed by atoms with E-state index >= 15 is 0 Å². The summed E-state index contributed by atoms with van der Waals surface area (Å²) in [4.78, 5) is 19.3. The minimum atomic E-state index is -4.74. The van der Waals surface area contributed by atoms with Crippen LogP contribution >= 0.6 is 0 Å². The summed E-state index contributed by atoms with van der Waals surface area (Å²) in [6, 6.07) is 6.26. The summed E-state index contributed by atoms with van der Waals surface area (Å²) in [5, 5.41) is 0. The average molecular weight is 558 g/mol. The molecule has 4 rings (SSSR count). The monoisotopic (exact) mass is 557 g/mol. The van der Waals surface area contributed by atoms with Gasteiger partial charge in [-0.3, -0.25) is 4.79 Å². The number of carbonyl (C=O) groups is 1. The van der Waals surface area contributed by atoms with Gasteiger partial charge in [-0.25, -0.2) is 31.6 Å². The van der Waals surface area contributed by atoms with Crippen molar-refractivity contribution in [2.75, 3.05) is 6.54 Å². The Hall–Kier alpha value is -3.32. The van der Waals surface area contributed by atoms with Crippen LogP contribution in [0.25, 0.3) is 11.1 Å². The van der Waals surface area contributed by atoms with Gasteiger partial charge in [0.15, 0.2) is 5.78 Å². The van der Waals surface area contributed by atoms with Crippen molar-refractivity contribution in [2.24, 2.45) is 0 Å². The number of aryl methyl sites for hydroxylation is 1. The molecule has 0 radical (unpaired) electrons. The van der Waals surface area contributed by atoms with E-state index in [1.54, 1.807) is 0 Å². The molecule has 1 aliphatic heterocycles. The normalized spacial score (nSPS) is 20.6. The van der Waals surface area contributed by atoms with Gasteiger partial charge in [0, 0.05) is 37.3 Å². The molecule has 2 aromatic carbocycles. The summed E-state index contributed by atoms with van der Waals surface area (Å²) in [6.45, 7) is 0.611. The maximum Gasteiger partial charge on any atom is 0.451 e. The number of aromatic nitrogens is 2. The minimum Gasteiger partial charge on any atom is -0.298 e. The van der Waals surface area contributed by atoms with Crippen LogP contribution in [-0.2, 0) is 27.4 Å². The van der Waals surface area contributed by atoms with Gasteiger partial charge in [0.05, 0.1) is 10.9 Å². The van der Waals surface area contributed by atoms with Crippen LogP contribution in [0, 0.1) is 11.6 Å². The number of sulfonamides is 1. The molecule has 0 saturated carbocycles. The number of hydrogen-bond donors (Lipinski definition) is 0. The van der Waals surface area contributed by atoms with Crippen molar-refractivity contribution in [1.82, 2.24) is 14.3 Å². The van der Waals surface area contributed by atoms with E-state index in [1.165, 1.54) is 13.0 Å². The second kappa shape index (κ2) is 10.1. The van der Waals surface area contributed by atoms with E-state index in [9.17, 15) is 39.6 Å². The zero-order valence-electron chi connectivity index (χ0n) is 19.8. The van der Waals surface area contributed by atoms with Crippen LogP contribution in [0.1, 0.15) is 31.2 Å². The topological polar surface area (TPSA) is 80.2 Å². The van der Waals surface area contributed by atoms with E-state index in [0.717, 1.165) is 53.1 Å². The molecule has 0 bridgehead atoms. The van der Waals surface area contributed by atoms with E-state index in [1.807, 2.05) is 0 Å². The van der Waals surface area contributed by atoms with E-state index < -0.39 is 57.7 Å². The van der Waals surface area contributed by atoms with Crippen molar-refractivity contribution >= 4 is 15.8 Å². The van der Waals surface area contributed by atoms with Gasteiger partial charge in [0.1, 0.15) is 17.3 Å². The molecule has 2 heterocycles. The number of rotatable bonds is 7. The van der Waals surface area contributed by atoms with Crippen molar-refractivity contribution in [3.63, 3.8) is 0 Å². The molecule has 0 spiro atoms. The summed E-state index contributed by atoms with van der Waals surface area (Å²) in [5.74, 6) is -3.33. The van der Waals surface area contributed by atoms with Gasteiger partial charge in [-0.2, -0.15) is 17.5 Å². The smallest absolute Gasteiger partial charge is 0.298 e. The van der Waals surface area contributed by atoms with Gasteiger partial charge in [0.25, 0.3) is 0 Å². The summed E-state index contributed by atoms with van der Waals surface area (Å²) < 4.78 is 108. The van der Waals surface area contributed by atoms with Crippen molar-refractivity contribution in [2.45, 2.75) is 49.0 Å². The molecular formula is C25H21F6N3O3S. The Morgan fingerprint density at radius 3 is 2.26 bits per heavy atom. The third kappa shape index (κ3) is 6.04. The lowest BCUT2D eigenvalue weighted by Crippen LogP contribution is -2.41. The fourth-order valence-electron chi connectivity index (χ4n) is 4.29. The van der Waals surface area contributed by atoms with Crippen molar-refractivity contribution < 1.29 is 39.6 Å². The van der Waals surface area contributed by atoms with Crippen LogP contribution in [0.2, 0.25) is 0 Å². The molecule has 38 heavy (non-hydrogen) atoms. The first-order valence-electron chi connectivity index (χ1n) is 11.3. The van der Waals surface area contributed by atoms with Gasteiger partial charge >= 0.3 is 6.18 Å². The fraction of sp³-hybridized carbons (Fsp3) is 0.320. The fourth-order valence-corrected chi connectivity index (χ4v) is 6.01. The van der Waals surface area contributed by atoms with E-state index in [-0.39, 0.29) is 35.3 Å². The second-order valence-electron chi connectivity index (χ2n) is 9.25. The van der Waals surface area contributed by atoms with Gasteiger partial charge in [-0.15, -0.1) is 0 Å². The molecule has 2 atom stereocenters. The lowest BCUT2D eigenvalue weighted by molar-refractivity contribution is -0.145. The van der Waals surface area contributed by atoms with Crippen molar-refractivity contribution in [3.8, 4) is 11.1 Å². The van der Waals surface area contributed by atoms with Crippen molar-refractivity contribution in [1.29, 1.82) is 0 Å². The predicted molar refractivity (Wildman–Crippen MR) is 124 cm³/mol. The van der Waals surface area contributed by atoms with Crippen LogP contribution in [0.5, 0.6) is 0 Å². The maximum absolute atomic E-state index is 14.9. The molecule has 0 aliphatic carbocycles. The number of alkyl halides is 4. The standard InChI is InChI=1S/C25H21F6N3O3S/c1-24(28)11-21(34(14-24)38(36,37)20-5-3-18(26)4-6-20)22(35)7-2-15-8-16(10-19(27)9-15)17-12-32-23(33-13-17)25(29,30)31/h3-6,8-10,12-13,21H,2,7,11,14H2,1H3/t21-,24+/m0/s1. The molecule has 13 heteroatoms. The number of ketones is 1. The van der Waals surface area contributed by atoms with E-state index in [2.05, 4.69) is 9.97 Å². The molecule has 0 unspecified atom stereocenters. The highest BCUT2D eigenvalue weighted by molar-refractivity contribution is 7.89. The molecule has 1 fully saturated rings. The highest BCUT2D eigenvalue weighted by Gasteiger charge is 2.49. The second-order valence-corrected chi connectivity index (χ2v) is 11.1. The highest BCUT2D eigenvalue weighted by Crippen LogP contribution is 2.36.